The van der Waals surface area contributed by atoms with Crippen molar-refractivity contribution in [1.29, 1.82) is 0 Å². The van der Waals surface area contributed by atoms with Gasteiger partial charge >= 0.3 is 0 Å². The maximum atomic E-state index is 4.48. The first-order valence-electron chi connectivity index (χ1n) is 6.49. The molecule has 0 amide bonds. The van der Waals surface area contributed by atoms with E-state index in [0.717, 1.165) is 18.8 Å². The Bertz CT molecular complexity index is 502. The van der Waals surface area contributed by atoms with Gasteiger partial charge in [-0.05, 0) is 38.4 Å². The summed E-state index contributed by atoms with van der Waals surface area (Å²) in [6.45, 7) is 5.27. The standard InChI is InChI=1S/C15H21N3/c1-4-18-10-9-17-15(18)14(16-3)11-13-8-6-5-7-12(13)2/h5-10,14,16H,4,11H2,1-3H3. The molecule has 0 aliphatic rings. The van der Waals surface area contributed by atoms with Crippen molar-refractivity contribution in [2.75, 3.05) is 7.05 Å². The minimum Gasteiger partial charge on any atom is -0.334 e. The van der Waals surface area contributed by atoms with Gasteiger partial charge in [-0.3, -0.25) is 0 Å². The van der Waals surface area contributed by atoms with Crippen molar-refractivity contribution in [2.45, 2.75) is 32.9 Å². The van der Waals surface area contributed by atoms with E-state index in [1.807, 2.05) is 19.4 Å². The molecule has 1 atom stereocenters. The number of nitrogens with zero attached hydrogens (tertiary/aromatic N) is 2. The van der Waals surface area contributed by atoms with Gasteiger partial charge in [0.2, 0.25) is 0 Å². The lowest BCUT2D eigenvalue weighted by atomic mass is 10.0. The Balaban J connectivity index is 2.23. The Labute approximate surface area is 109 Å². The van der Waals surface area contributed by atoms with E-state index in [9.17, 15) is 0 Å². The number of aromatic nitrogens is 2. The highest BCUT2D eigenvalue weighted by atomic mass is 15.1. The van der Waals surface area contributed by atoms with Crippen LogP contribution in [0.2, 0.25) is 0 Å². The van der Waals surface area contributed by atoms with Crippen molar-refractivity contribution in [1.82, 2.24) is 14.9 Å². The van der Waals surface area contributed by atoms with E-state index in [2.05, 4.69) is 53.0 Å². The fraction of sp³-hybridized carbons (Fsp3) is 0.400. The molecule has 0 saturated heterocycles. The molecule has 1 aromatic heterocycles. The molecule has 1 aromatic carbocycles. The summed E-state index contributed by atoms with van der Waals surface area (Å²) in [5, 5.41) is 3.37. The second kappa shape index (κ2) is 5.83. The molecule has 1 heterocycles. The number of imidazole rings is 1. The summed E-state index contributed by atoms with van der Waals surface area (Å²) in [7, 11) is 2.00. The van der Waals surface area contributed by atoms with Crippen LogP contribution in [0.3, 0.4) is 0 Å². The van der Waals surface area contributed by atoms with Crippen LogP contribution in [0.4, 0.5) is 0 Å². The molecular weight excluding hydrogens is 222 g/mol. The lowest BCUT2D eigenvalue weighted by molar-refractivity contribution is 0.522. The van der Waals surface area contributed by atoms with Gasteiger partial charge in [-0.15, -0.1) is 0 Å². The molecule has 3 nitrogen and oxygen atoms in total. The van der Waals surface area contributed by atoms with E-state index in [4.69, 9.17) is 0 Å². The first-order valence-corrected chi connectivity index (χ1v) is 6.49. The highest BCUT2D eigenvalue weighted by molar-refractivity contribution is 5.27. The molecule has 1 unspecified atom stereocenters. The van der Waals surface area contributed by atoms with Crippen molar-refractivity contribution in [3.05, 3.63) is 53.6 Å². The third kappa shape index (κ3) is 2.62. The first kappa shape index (κ1) is 12.8. The third-order valence-corrected chi connectivity index (χ3v) is 3.43. The van der Waals surface area contributed by atoms with Crippen LogP contribution in [-0.2, 0) is 13.0 Å². The molecule has 0 radical (unpaired) electrons. The number of hydrogen-bond acceptors (Lipinski definition) is 2. The van der Waals surface area contributed by atoms with Gasteiger partial charge in [-0.2, -0.15) is 0 Å². The molecular formula is C15H21N3. The highest BCUT2D eigenvalue weighted by Crippen LogP contribution is 2.19. The molecule has 18 heavy (non-hydrogen) atoms. The fourth-order valence-corrected chi connectivity index (χ4v) is 2.28. The number of likely N-dealkylation sites (N-methyl/N-ethyl adjacent to an activating group) is 1. The van der Waals surface area contributed by atoms with E-state index in [-0.39, 0.29) is 6.04 Å². The highest BCUT2D eigenvalue weighted by Gasteiger charge is 2.15. The fourth-order valence-electron chi connectivity index (χ4n) is 2.28. The minimum atomic E-state index is 0.265. The van der Waals surface area contributed by atoms with E-state index >= 15 is 0 Å². The average molecular weight is 243 g/mol. The second-order valence-electron chi connectivity index (χ2n) is 4.54. The molecule has 3 heteroatoms. The molecule has 0 bridgehead atoms. The van der Waals surface area contributed by atoms with Crippen LogP contribution in [0.1, 0.15) is 29.9 Å². The van der Waals surface area contributed by atoms with Crippen molar-refractivity contribution in [2.24, 2.45) is 0 Å². The van der Waals surface area contributed by atoms with Crippen LogP contribution in [-0.4, -0.2) is 16.6 Å². The molecule has 0 spiro atoms. The zero-order chi connectivity index (χ0) is 13.0. The Kier molecular flexibility index (Phi) is 4.15. The van der Waals surface area contributed by atoms with E-state index in [1.165, 1.54) is 11.1 Å². The van der Waals surface area contributed by atoms with Crippen molar-refractivity contribution < 1.29 is 0 Å². The van der Waals surface area contributed by atoms with E-state index < -0.39 is 0 Å². The van der Waals surface area contributed by atoms with Crippen molar-refractivity contribution in [3.8, 4) is 0 Å². The van der Waals surface area contributed by atoms with Gasteiger partial charge < -0.3 is 9.88 Å². The summed E-state index contributed by atoms with van der Waals surface area (Å²) >= 11 is 0. The molecule has 2 aromatic rings. The van der Waals surface area contributed by atoms with Crippen LogP contribution < -0.4 is 5.32 Å². The number of hydrogen-bond donors (Lipinski definition) is 1. The Morgan fingerprint density at radius 1 is 1.33 bits per heavy atom. The van der Waals surface area contributed by atoms with Crippen LogP contribution >= 0.6 is 0 Å². The summed E-state index contributed by atoms with van der Waals surface area (Å²) < 4.78 is 2.19. The van der Waals surface area contributed by atoms with Crippen molar-refractivity contribution in [3.63, 3.8) is 0 Å². The SMILES string of the molecule is CCn1ccnc1C(Cc1ccccc1C)NC. The molecule has 0 aliphatic heterocycles. The lowest BCUT2D eigenvalue weighted by Crippen LogP contribution is -2.23. The summed E-state index contributed by atoms with van der Waals surface area (Å²) in [4.78, 5) is 4.48. The number of nitrogens with one attached hydrogen (secondary N) is 1. The van der Waals surface area contributed by atoms with Gasteiger partial charge in [0.05, 0.1) is 6.04 Å². The van der Waals surface area contributed by atoms with Gasteiger partial charge in [0.15, 0.2) is 0 Å². The molecule has 0 fully saturated rings. The predicted molar refractivity (Wildman–Crippen MR) is 74.6 cm³/mol. The third-order valence-electron chi connectivity index (χ3n) is 3.43. The van der Waals surface area contributed by atoms with Crippen LogP contribution in [0.25, 0.3) is 0 Å². The van der Waals surface area contributed by atoms with E-state index in [0.29, 0.717) is 0 Å². The maximum Gasteiger partial charge on any atom is 0.126 e. The number of benzene rings is 1. The van der Waals surface area contributed by atoms with Crippen molar-refractivity contribution >= 4 is 0 Å². The van der Waals surface area contributed by atoms with Gasteiger partial charge in [0.1, 0.15) is 5.82 Å². The van der Waals surface area contributed by atoms with Crippen LogP contribution in [0.5, 0.6) is 0 Å². The lowest BCUT2D eigenvalue weighted by Gasteiger charge is -2.18. The molecule has 0 saturated carbocycles. The zero-order valence-corrected chi connectivity index (χ0v) is 11.4. The van der Waals surface area contributed by atoms with Gasteiger partial charge in [0, 0.05) is 18.9 Å². The molecule has 1 N–H and O–H groups in total. The maximum absolute atomic E-state index is 4.48. The second-order valence-corrected chi connectivity index (χ2v) is 4.54. The number of rotatable bonds is 5. The minimum absolute atomic E-state index is 0.265. The van der Waals surface area contributed by atoms with Gasteiger partial charge in [-0.25, -0.2) is 4.98 Å². The topological polar surface area (TPSA) is 29.9 Å². The Hall–Kier alpha value is -1.61. The Morgan fingerprint density at radius 3 is 2.78 bits per heavy atom. The Morgan fingerprint density at radius 2 is 2.11 bits per heavy atom. The number of aryl methyl sites for hydroxylation is 2. The van der Waals surface area contributed by atoms with Gasteiger partial charge in [-0.1, -0.05) is 24.3 Å². The largest absolute Gasteiger partial charge is 0.334 e. The summed E-state index contributed by atoms with van der Waals surface area (Å²) in [6, 6.07) is 8.80. The smallest absolute Gasteiger partial charge is 0.126 e. The summed E-state index contributed by atoms with van der Waals surface area (Å²) in [6.07, 6.45) is 4.89. The average Bonchev–Trinajstić information content (AvgIpc) is 2.86. The summed E-state index contributed by atoms with van der Waals surface area (Å²) in [5.41, 5.74) is 2.72. The quantitative estimate of drug-likeness (QED) is 0.875. The first-order chi connectivity index (χ1) is 8.76. The van der Waals surface area contributed by atoms with Crippen LogP contribution in [0, 0.1) is 6.92 Å². The molecule has 96 valence electrons. The zero-order valence-electron chi connectivity index (χ0n) is 11.4. The summed E-state index contributed by atoms with van der Waals surface area (Å²) in [5.74, 6) is 1.11. The monoisotopic (exact) mass is 243 g/mol. The predicted octanol–water partition coefficient (Wildman–Crippen LogP) is 2.71. The van der Waals surface area contributed by atoms with Gasteiger partial charge in [0.25, 0.3) is 0 Å². The normalized spacial score (nSPS) is 12.6. The van der Waals surface area contributed by atoms with E-state index in [1.54, 1.807) is 0 Å². The molecule has 0 aliphatic carbocycles. The van der Waals surface area contributed by atoms with Crippen LogP contribution in [0.15, 0.2) is 36.7 Å². The molecule has 2 rings (SSSR count).